The molecule has 2 rings (SSSR count). The number of aryl methyl sites for hydroxylation is 1. The van der Waals surface area contributed by atoms with Gasteiger partial charge in [0, 0.05) is 18.3 Å². The van der Waals surface area contributed by atoms with E-state index in [-0.39, 0.29) is 11.7 Å². The summed E-state index contributed by atoms with van der Waals surface area (Å²) in [5.41, 5.74) is 1.98. The second kappa shape index (κ2) is 6.14. The number of nitrogens with zero attached hydrogens (tertiary/aromatic N) is 2. The summed E-state index contributed by atoms with van der Waals surface area (Å²) in [6.07, 6.45) is 2.41. The van der Waals surface area contributed by atoms with Gasteiger partial charge in [-0.15, -0.1) is 0 Å². The standard InChI is InChI=1S/C15H17N3O2/c1-11-8-14(18(19)20)15(16-10-11)17-12(2)9-13-6-4-3-5-7-13/h3-8,10,12H,9H2,1-2H3,(H,16,17). The molecule has 5 heteroatoms. The molecule has 1 aromatic carbocycles. The van der Waals surface area contributed by atoms with E-state index in [1.54, 1.807) is 13.1 Å². The van der Waals surface area contributed by atoms with E-state index in [9.17, 15) is 10.1 Å². The minimum absolute atomic E-state index is 0.0184. The van der Waals surface area contributed by atoms with E-state index >= 15 is 0 Å². The van der Waals surface area contributed by atoms with Crippen LogP contribution >= 0.6 is 0 Å². The SMILES string of the molecule is Cc1cnc(NC(C)Cc2ccccc2)c([N+](=O)[O-])c1. The predicted octanol–water partition coefficient (Wildman–Crippen LogP) is 3.34. The first-order valence-corrected chi connectivity index (χ1v) is 6.48. The lowest BCUT2D eigenvalue weighted by Crippen LogP contribution is -2.19. The Balaban J connectivity index is 2.11. The average molecular weight is 271 g/mol. The number of benzene rings is 1. The molecular formula is C15H17N3O2. The first-order valence-electron chi connectivity index (χ1n) is 6.48. The quantitative estimate of drug-likeness (QED) is 0.669. The van der Waals surface area contributed by atoms with Gasteiger partial charge in [-0.2, -0.15) is 0 Å². The highest BCUT2D eigenvalue weighted by molar-refractivity contribution is 5.57. The van der Waals surface area contributed by atoms with Crippen molar-refractivity contribution in [3.05, 3.63) is 63.8 Å². The molecule has 1 unspecified atom stereocenters. The van der Waals surface area contributed by atoms with Gasteiger partial charge >= 0.3 is 5.69 Å². The fourth-order valence-corrected chi connectivity index (χ4v) is 2.06. The molecule has 1 atom stereocenters. The zero-order chi connectivity index (χ0) is 14.5. The molecule has 0 radical (unpaired) electrons. The lowest BCUT2D eigenvalue weighted by Gasteiger charge is -2.14. The number of nitrogens with one attached hydrogen (secondary N) is 1. The predicted molar refractivity (Wildman–Crippen MR) is 78.9 cm³/mol. The van der Waals surface area contributed by atoms with Gasteiger partial charge in [-0.3, -0.25) is 10.1 Å². The summed E-state index contributed by atoms with van der Waals surface area (Å²) in [5, 5.41) is 14.2. The zero-order valence-electron chi connectivity index (χ0n) is 11.5. The Hall–Kier alpha value is -2.43. The fourth-order valence-electron chi connectivity index (χ4n) is 2.06. The number of anilines is 1. The Labute approximate surface area is 117 Å². The van der Waals surface area contributed by atoms with Crippen LogP contribution in [0.25, 0.3) is 0 Å². The van der Waals surface area contributed by atoms with Crippen molar-refractivity contribution in [2.45, 2.75) is 26.3 Å². The van der Waals surface area contributed by atoms with Gasteiger partial charge < -0.3 is 5.32 Å². The van der Waals surface area contributed by atoms with E-state index in [1.165, 1.54) is 11.6 Å². The Morgan fingerprint density at radius 1 is 1.35 bits per heavy atom. The van der Waals surface area contributed by atoms with Crippen LogP contribution in [0, 0.1) is 17.0 Å². The molecule has 0 aliphatic heterocycles. The molecule has 20 heavy (non-hydrogen) atoms. The van der Waals surface area contributed by atoms with Gasteiger partial charge in [-0.1, -0.05) is 30.3 Å². The maximum Gasteiger partial charge on any atom is 0.311 e. The first-order chi connectivity index (χ1) is 9.56. The lowest BCUT2D eigenvalue weighted by atomic mass is 10.1. The lowest BCUT2D eigenvalue weighted by molar-refractivity contribution is -0.384. The van der Waals surface area contributed by atoms with Crippen molar-refractivity contribution in [2.24, 2.45) is 0 Å². The van der Waals surface area contributed by atoms with Gasteiger partial charge in [-0.25, -0.2) is 4.98 Å². The summed E-state index contributed by atoms with van der Waals surface area (Å²) < 4.78 is 0. The first kappa shape index (κ1) is 14.0. The molecule has 1 heterocycles. The van der Waals surface area contributed by atoms with Crippen molar-refractivity contribution in [2.75, 3.05) is 5.32 Å². The van der Waals surface area contributed by atoms with Crippen LogP contribution in [0.2, 0.25) is 0 Å². The molecule has 5 nitrogen and oxygen atoms in total. The van der Waals surface area contributed by atoms with Gasteiger partial charge in [0.25, 0.3) is 0 Å². The van der Waals surface area contributed by atoms with Crippen LogP contribution in [-0.4, -0.2) is 15.9 Å². The third-order valence-electron chi connectivity index (χ3n) is 2.97. The average Bonchev–Trinajstić information content (AvgIpc) is 2.41. The minimum atomic E-state index is -0.405. The number of hydrogen-bond acceptors (Lipinski definition) is 4. The summed E-state index contributed by atoms with van der Waals surface area (Å²) in [6.45, 7) is 3.77. The van der Waals surface area contributed by atoms with Gasteiger partial charge in [0.1, 0.15) is 0 Å². The molecule has 0 saturated carbocycles. The van der Waals surface area contributed by atoms with Gasteiger partial charge in [0.05, 0.1) is 4.92 Å². The highest BCUT2D eigenvalue weighted by Gasteiger charge is 2.17. The topological polar surface area (TPSA) is 68.1 Å². The van der Waals surface area contributed by atoms with Gasteiger partial charge in [0.2, 0.25) is 5.82 Å². The summed E-state index contributed by atoms with van der Waals surface area (Å²) in [6, 6.07) is 11.6. The van der Waals surface area contributed by atoms with Crippen molar-refractivity contribution >= 4 is 11.5 Å². The van der Waals surface area contributed by atoms with Crippen LogP contribution in [-0.2, 0) is 6.42 Å². The molecular weight excluding hydrogens is 254 g/mol. The maximum absolute atomic E-state index is 11.0. The summed E-state index contributed by atoms with van der Waals surface area (Å²) in [5.74, 6) is 0.323. The number of aromatic nitrogens is 1. The monoisotopic (exact) mass is 271 g/mol. The Morgan fingerprint density at radius 3 is 2.70 bits per heavy atom. The van der Waals surface area contributed by atoms with Crippen LogP contribution in [0.15, 0.2) is 42.6 Å². The summed E-state index contributed by atoms with van der Waals surface area (Å²) in [4.78, 5) is 14.8. The normalized spacial score (nSPS) is 11.9. The second-order valence-electron chi connectivity index (χ2n) is 4.87. The molecule has 0 aliphatic carbocycles. The van der Waals surface area contributed by atoms with Crippen molar-refractivity contribution < 1.29 is 4.92 Å². The number of rotatable bonds is 5. The minimum Gasteiger partial charge on any atom is -0.362 e. The maximum atomic E-state index is 11.0. The molecule has 104 valence electrons. The van der Waals surface area contributed by atoms with Crippen LogP contribution in [0.5, 0.6) is 0 Å². The molecule has 1 N–H and O–H groups in total. The zero-order valence-corrected chi connectivity index (χ0v) is 11.5. The second-order valence-corrected chi connectivity index (χ2v) is 4.87. The fraction of sp³-hybridized carbons (Fsp3) is 0.267. The molecule has 2 aromatic rings. The number of nitro groups is 1. The molecule has 0 fully saturated rings. The van der Waals surface area contributed by atoms with Crippen molar-refractivity contribution in [1.29, 1.82) is 0 Å². The highest BCUT2D eigenvalue weighted by atomic mass is 16.6. The van der Waals surface area contributed by atoms with Crippen LogP contribution in [0.4, 0.5) is 11.5 Å². The van der Waals surface area contributed by atoms with E-state index < -0.39 is 4.92 Å². The third-order valence-corrected chi connectivity index (χ3v) is 2.97. The summed E-state index contributed by atoms with van der Waals surface area (Å²) in [7, 11) is 0. The van der Waals surface area contributed by atoms with Crippen molar-refractivity contribution in [3.8, 4) is 0 Å². The van der Waals surface area contributed by atoms with E-state index in [2.05, 4.69) is 10.3 Å². The van der Waals surface area contributed by atoms with Gasteiger partial charge in [0.15, 0.2) is 0 Å². The van der Waals surface area contributed by atoms with Crippen LogP contribution < -0.4 is 5.32 Å². The van der Waals surface area contributed by atoms with Gasteiger partial charge in [-0.05, 0) is 31.4 Å². The summed E-state index contributed by atoms with van der Waals surface area (Å²) >= 11 is 0. The Morgan fingerprint density at radius 2 is 2.05 bits per heavy atom. The third kappa shape index (κ3) is 3.54. The Kier molecular flexibility index (Phi) is 4.30. The molecule has 0 amide bonds. The Bertz CT molecular complexity index is 599. The molecule has 0 aliphatic rings. The molecule has 1 aromatic heterocycles. The van der Waals surface area contributed by atoms with E-state index in [0.29, 0.717) is 5.82 Å². The smallest absolute Gasteiger partial charge is 0.311 e. The van der Waals surface area contributed by atoms with E-state index in [0.717, 1.165) is 12.0 Å². The van der Waals surface area contributed by atoms with E-state index in [1.807, 2.05) is 37.3 Å². The van der Waals surface area contributed by atoms with Crippen LogP contribution in [0.3, 0.4) is 0 Å². The number of hydrogen-bond donors (Lipinski definition) is 1. The van der Waals surface area contributed by atoms with Crippen molar-refractivity contribution in [1.82, 2.24) is 4.98 Å². The number of pyridine rings is 1. The molecule has 0 saturated heterocycles. The van der Waals surface area contributed by atoms with Crippen LogP contribution in [0.1, 0.15) is 18.1 Å². The van der Waals surface area contributed by atoms with E-state index in [4.69, 9.17) is 0 Å². The molecule has 0 spiro atoms. The largest absolute Gasteiger partial charge is 0.362 e. The highest BCUT2D eigenvalue weighted by Crippen LogP contribution is 2.23. The van der Waals surface area contributed by atoms with Crippen molar-refractivity contribution in [3.63, 3.8) is 0 Å². The molecule has 0 bridgehead atoms.